The Balaban J connectivity index is 2.69. The van der Waals surface area contributed by atoms with Gasteiger partial charge in [-0.3, -0.25) is 0 Å². The third-order valence-electron chi connectivity index (χ3n) is 1.86. The van der Waals surface area contributed by atoms with Crippen molar-refractivity contribution in [2.45, 2.75) is 19.9 Å². The van der Waals surface area contributed by atoms with Gasteiger partial charge in [0.2, 0.25) is 0 Å². The molecule has 0 radical (unpaired) electrons. The smallest absolute Gasteiger partial charge is 0.328 e. The third-order valence-corrected chi connectivity index (χ3v) is 2.46. The van der Waals surface area contributed by atoms with Gasteiger partial charge in [-0.05, 0) is 35.8 Å². The monoisotopic (exact) mass is 287 g/mol. The molecule has 6 heteroatoms. The Bertz CT molecular complexity index is 384. The number of carbonyl (C=O) groups excluding carboxylic acids is 1. The molecule has 1 atom stereocenters. The molecule has 0 aliphatic rings. The highest BCUT2D eigenvalue weighted by atomic mass is 79.9. The Labute approximate surface area is 103 Å². The van der Waals surface area contributed by atoms with Crippen molar-refractivity contribution >= 4 is 33.4 Å². The zero-order valence-electron chi connectivity index (χ0n) is 9.16. The molecule has 0 aromatic carbocycles. The van der Waals surface area contributed by atoms with Crippen LogP contribution in [0.4, 0.5) is 11.5 Å². The highest BCUT2D eigenvalue weighted by Crippen LogP contribution is 2.22. The first-order valence-electron chi connectivity index (χ1n) is 4.88. The van der Waals surface area contributed by atoms with Gasteiger partial charge in [0, 0.05) is 0 Å². The van der Waals surface area contributed by atoms with Crippen LogP contribution in [0.3, 0.4) is 0 Å². The SMILES string of the molecule is CCOC(=O)C(C)Nc1ncc(N)cc1Br. The number of nitrogens with zero attached hydrogens (tertiary/aromatic N) is 1. The van der Waals surface area contributed by atoms with Crippen LogP contribution in [0, 0.1) is 0 Å². The zero-order chi connectivity index (χ0) is 12.1. The molecule has 88 valence electrons. The number of aromatic nitrogens is 1. The van der Waals surface area contributed by atoms with Crippen molar-refractivity contribution < 1.29 is 9.53 Å². The second-order valence-electron chi connectivity index (χ2n) is 3.22. The number of nitrogen functional groups attached to an aromatic ring is 1. The first kappa shape index (κ1) is 12.8. The summed E-state index contributed by atoms with van der Waals surface area (Å²) in [5.41, 5.74) is 6.11. The Morgan fingerprint density at radius 2 is 2.44 bits per heavy atom. The van der Waals surface area contributed by atoms with Crippen molar-refractivity contribution in [3.63, 3.8) is 0 Å². The zero-order valence-corrected chi connectivity index (χ0v) is 10.7. The molecule has 0 aliphatic carbocycles. The van der Waals surface area contributed by atoms with Gasteiger partial charge in [0.1, 0.15) is 11.9 Å². The van der Waals surface area contributed by atoms with Crippen molar-refractivity contribution in [2.24, 2.45) is 0 Å². The number of anilines is 2. The lowest BCUT2D eigenvalue weighted by molar-refractivity contribution is -0.143. The molecule has 1 aromatic heterocycles. The van der Waals surface area contributed by atoms with E-state index in [0.29, 0.717) is 22.6 Å². The lowest BCUT2D eigenvalue weighted by Gasteiger charge is -2.14. The number of halogens is 1. The summed E-state index contributed by atoms with van der Waals surface area (Å²) in [6, 6.07) is 1.26. The molecule has 0 spiro atoms. The van der Waals surface area contributed by atoms with E-state index in [9.17, 15) is 4.79 Å². The summed E-state index contributed by atoms with van der Waals surface area (Å²) in [7, 11) is 0. The van der Waals surface area contributed by atoms with Gasteiger partial charge in [-0.1, -0.05) is 0 Å². The molecule has 0 saturated carbocycles. The molecular formula is C10H14BrN3O2. The van der Waals surface area contributed by atoms with Gasteiger partial charge in [-0.15, -0.1) is 0 Å². The molecule has 0 aliphatic heterocycles. The van der Waals surface area contributed by atoms with Gasteiger partial charge in [-0.25, -0.2) is 9.78 Å². The minimum absolute atomic E-state index is 0.312. The molecule has 3 N–H and O–H groups in total. The van der Waals surface area contributed by atoms with E-state index < -0.39 is 6.04 Å². The summed E-state index contributed by atoms with van der Waals surface area (Å²) in [5.74, 6) is 0.253. The number of nitrogens with one attached hydrogen (secondary N) is 1. The van der Waals surface area contributed by atoms with E-state index in [2.05, 4.69) is 26.2 Å². The van der Waals surface area contributed by atoms with Crippen molar-refractivity contribution in [1.82, 2.24) is 4.98 Å². The number of nitrogens with two attached hydrogens (primary N) is 1. The first-order chi connectivity index (χ1) is 7.54. The minimum Gasteiger partial charge on any atom is -0.464 e. The fourth-order valence-corrected chi connectivity index (χ4v) is 1.57. The standard InChI is InChI=1S/C10H14BrN3O2/c1-3-16-10(15)6(2)14-9-8(11)4-7(12)5-13-9/h4-6H,3,12H2,1-2H3,(H,13,14). The Kier molecular flexibility index (Phi) is 4.54. The predicted molar refractivity (Wildman–Crippen MR) is 66.1 cm³/mol. The summed E-state index contributed by atoms with van der Waals surface area (Å²) >= 11 is 3.31. The number of esters is 1. The van der Waals surface area contributed by atoms with E-state index in [1.807, 2.05) is 0 Å². The van der Waals surface area contributed by atoms with Gasteiger partial charge in [-0.2, -0.15) is 0 Å². The Hall–Kier alpha value is -1.30. The maximum atomic E-state index is 11.4. The maximum Gasteiger partial charge on any atom is 0.328 e. The first-order valence-corrected chi connectivity index (χ1v) is 5.68. The quantitative estimate of drug-likeness (QED) is 0.826. The van der Waals surface area contributed by atoms with Crippen LogP contribution in [-0.2, 0) is 9.53 Å². The Morgan fingerprint density at radius 1 is 1.75 bits per heavy atom. The van der Waals surface area contributed by atoms with Gasteiger partial charge in [0.15, 0.2) is 0 Å². The van der Waals surface area contributed by atoms with Crippen LogP contribution in [-0.4, -0.2) is 23.6 Å². The van der Waals surface area contributed by atoms with Gasteiger partial charge >= 0.3 is 5.97 Å². The number of hydrogen-bond acceptors (Lipinski definition) is 5. The fourth-order valence-electron chi connectivity index (χ4n) is 1.09. The van der Waals surface area contributed by atoms with E-state index in [1.54, 1.807) is 19.9 Å². The van der Waals surface area contributed by atoms with Crippen LogP contribution in [0.15, 0.2) is 16.7 Å². The largest absolute Gasteiger partial charge is 0.464 e. The van der Waals surface area contributed by atoms with Gasteiger partial charge < -0.3 is 15.8 Å². The number of pyridine rings is 1. The second-order valence-corrected chi connectivity index (χ2v) is 4.07. The minimum atomic E-state index is -0.452. The lowest BCUT2D eigenvalue weighted by Crippen LogP contribution is -2.28. The molecule has 0 fully saturated rings. The molecule has 0 saturated heterocycles. The summed E-state index contributed by atoms with van der Waals surface area (Å²) < 4.78 is 5.58. The van der Waals surface area contributed by atoms with E-state index in [0.717, 1.165) is 0 Å². The maximum absolute atomic E-state index is 11.4. The van der Waals surface area contributed by atoms with Crippen LogP contribution in [0.5, 0.6) is 0 Å². The van der Waals surface area contributed by atoms with Crippen LogP contribution in [0.25, 0.3) is 0 Å². The average molecular weight is 288 g/mol. The molecule has 0 amide bonds. The molecule has 16 heavy (non-hydrogen) atoms. The normalized spacial score (nSPS) is 11.9. The molecular weight excluding hydrogens is 274 g/mol. The molecule has 1 rings (SSSR count). The molecule has 0 bridgehead atoms. The summed E-state index contributed by atoms with van der Waals surface area (Å²) in [4.78, 5) is 15.4. The van der Waals surface area contributed by atoms with E-state index in [-0.39, 0.29) is 5.97 Å². The van der Waals surface area contributed by atoms with E-state index in [4.69, 9.17) is 10.5 Å². The Morgan fingerprint density at radius 3 is 3.00 bits per heavy atom. The van der Waals surface area contributed by atoms with E-state index in [1.165, 1.54) is 6.20 Å². The number of rotatable bonds is 4. The number of hydrogen-bond donors (Lipinski definition) is 2. The summed E-state index contributed by atoms with van der Waals surface area (Å²) in [6.07, 6.45) is 1.52. The van der Waals surface area contributed by atoms with Crippen LogP contribution in [0.2, 0.25) is 0 Å². The number of ether oxygens (including phenoxy) is 1. The van der Waals surface area contributed by atoms with Crippen molar-refractivity contribution in [1.29, 1.82) is 0 Å². The van der Waals surface area contributed by atoms with Crippen LogP contribution >= 0.6 is 15.9 Å². The lowest BCUT2D eigenvalue weighted by atomic mass is 10.3. The highest BCUT2D eigenvalue weighted by Gasteiger charge is 2.15. The molecule has 1 unspecified atom stereocenters. The predicted octanol–water partition coefficient (Wildman–Crippen LogP) is 1.79. The van der Waals surface area contributed by atoms with E-state index >= 15 is 0 Å². The molecule has 1 aromatic rings. The van der Waals surface area contributed by atoms with Crippen molar-refractivity contribution in [2.75, 3.05) is 17.7 Å². The molecule has 1 heterocycles. The fraction of sp³-hybridized carbons (Fsp3) is 0.400. The second kappa shape index (κ2) is 5.69. The number of carbonyl (C=O) groups is 1. The third kappa shape index (κ3) is 3.37. The van der Waals surface area contributed by atoms with Gasteiger partial charge in [0.25, 0.3) is 0 Å². The topological polar surface area (TPSA) is 77.2 Å². The van der Waals surface area contributed by atoms with Gasteiger partial charge in [0.05, 0.1) is 23.0 Å². The highest BCUT2D eigenvalue weighted by molar-refractivity contribution is 9.10. The van der Waals surface area contributed by atoms with Crippen LogP contribution < -0.4 is 11.1 Å². The van der Waals surface area contributed by atoms with Crippen molar-refractivity contribution in [3.05, 3.63) is 16.7 Å². The average Bonchev–Trinajstić information content (AvgIpc) is 2.22. The summed E-state index contributed by atoms with van der Waals surface area (Å²) in [6.45, 7) is 3.84. The van der Waals surface area contributed by atoms with Crippen molar-refractivity contribution in [3.8, 4) is 0 Å². The molecule has 5 nitrogen and oxygen atoms in total. The summed E-state index contributed by atoms with van der Waals surface area (Å²) in [5, 5.41) is 2.93. The van der Waals surface area contributed by atoms with Crippen LogP contribution in [0.1, 0.15) is 13.8 Å².